The van der Waals surface area contributed by atoms with Crippen LogP contribution < -0.4 is 0 Å². The predicted molar refractivity (Wildman–Crippen MR) is 79.9 cm³/mol. The summed E-state index contributed by atoms with van der Waals surface area (Å²) in [6.07, 6.45) is 3.49. The van der Waals surface area contributed by atoms with E-state index in [0.29, 0.717) is 0 Å². The van der Waals surface area contributed by atoms with Gasteiger partial charge in [0.05, 0.1) is 5.69 Å². The molecule has 100 valence electrons. The van der Waals surface area contributed by atoms with Crippen molar-refractivity contribution in [3.8, 4) is 10.6 Å². The van der Waals surface area contributed by atoms with Crippen LogP contribution in [0.5, 0.6) is 0 Å². The topological polar surface area (TPSA) is 33.2 Å². The summed E-state index contributed by atoms with van der Waals surface area (Å²) in [6, 6.07) is 2.05. The molecular weight excluding hydrogens is 276 g/mol. The lowest BCUT2D eigenvalue weighted by atomic mass is 10.1. The van der Waals surface area contributed by atoms with Crippen LogP contribution in [0.25, 0.3) is 10.6 Å². The van der Waals surface area contributed by atoms with Gasteiger partial charge < -0.3 is 4.90 Å². The molecule has 2 aromatic rings. The first kappa shape index (κ1) is 12.8. The van der Waals surface area contributed by atoms with E-state index in [2.05, 4.69) is 16.4 Å². The molecule has 1 amide bonds. The second-order valence-corrected chi connectivity index (χ2v) is 6.58. The van der Waals surface area contributed by atoms with Gasteiger partial charge in [-0.15, -0.1) is 11.3 Å². The van der Waals surface area contributed by atoms with Crippen molar-refractivity contribution < 1.29 is 4.79 Å². The average Bonchev–Trinajstić information content (AvgIpc) is 3.08. The molecule has 0 saturated carbocycles. The SMILES string of the molecule is Cc1nc(-c2ccsc2)sc1C(=O)N1CCCCC1. The number of carbonyl (C=O) groups is 1. The van der Waals surface area contributed by atoms with Crippen LogP contribution in [0, 0.1) is 6.92 Å². The van der Waals surface area contributed by atoms with E-state index >= 15 is 0 Å². The van der Waals surface area contributed by atoms with Crippen LogP contribution in [0.1, 0.15) is 34.6 Å². The Bertz CT molecular complexity index is 568. The van der Waals surface area contributed by atoms with Crippen molar-refractivity contribution in [2.24, 2.45) is 0 Å². The lowest BCUT2D eigenvalue weighted by Crippen LogP contribution is -2.35. The minimum atomic E-state index is 0.163. The van der Waals surface area contributed by atoms with Crippen molar-refractivity contribution in [2.75, 3.05) is 13.1 Å². The highest BCUT2D eigenvalue weighted by Gasteiger charge is 2.23. The summed E-state index contributed by atoms with van der Waals surface area (Å²) in [5.74, 6) is 0.163. The summed E-state index contributed by atoms with van der Waals surface area (Å²) in [6.45, 7) is 3.72. The Kier molecular flexibility index (Phi) is 3.66. The molecule has 3 rings (SSSR count). The number of rotatable bonds is 2. The fourth-order valence-corrected chi connectivity index (χ4v) is 4.09. The molecule has 0 aromatic carbocycles. The summed E-state index contributed by atoms with van der Waals surface area (Å²) in [7, 11) is 0. The first-order valence-electron chi connectivity index (χ1n) is 6.55. The van der Waals surface area contributed by atoms with Crippen LogP contribution in [-0.2, 0) is 0 Å². The maximum absolute atomic E-state index is 12.5. The van der Waals surface area contributed by atoms with Crippen LogP contribution in [0.15, 0.2) is 16.8 Å². The molecule has 0 N–H and O–H groups in total. The zero-order chi connectivity index (χ0) is 13.2. The molecule has 1 aliphatic rings. The van der Waals surface area contributed by atoms with Gasteiger partial charge >= 0.3 is 0 Å². The number of thiophene rings is 1. The van der Waals surface area contributed by atoms with E-state index in [9.17, 15) is 4.79 Å². The lowest BCUT2D eigenvalue weighted by molar-refractivity contribution is 0.0728. The van der Waals surface area contributed by atoms with Gasteiger partial charge in [0.2, 0.25) is 0 Å². The zero-order valence-electron chi connectivity index (χ0n) is 10.9. The van der Waals surface area contributed by atoms with Crippen LogP contribution in [-0.4, -0.2) is 28.9 Å². The monoisotopic (exact) mass is 292 g/mol. The van der Waals surface area contributed by atoms with E-state index in [0.717, 1.165) is 47.1 Å². The minimum absolute atomic E-state index is 0.163. The normalized spacial score (nSPS) is 15.7. The van der Waals surface area contributed by atoms with E-state index in [4.69, 9.17) is 0 Å². The Labute approximate surface area is 120 Å². The summed E-state index contributed by atoms with van der Waals surface area (Å²) in [5.41, 5.74) is 1.98. The van der Waals surface area contributed by atoms with Gasteiger partial charge in [-0.2, -0.15) is 11.3 Å². The molecule has 0 spiro atoms. The average molecular weight is 292 g/mol. The molecule has 0 radical (unpaired) electrons. The second-order valence-electron chi connectivity index (χ2n) is 4.80. The molecular formula is C14H16N2OS2. The first-order chi connectivity index (χ1) is 9.25. The third-order valence-corrected chi connectivity index (χ3v) is 5.28. The molecule has 1 saturated heterocycles. The van der Waals surface area contributed by atoms with Crippen LogP contribution >= 0.6 is 22.7 Å². The van der Waals surface area contributed by atoms with E-state index in [1.807, 2.05) is 17.2 Å². The van der Waals surface area contributed by atoms with E-state index in [-0.39, 0.29) is 5.91 Å². The molecule has 0 unspecified atom stereocenters. The van der Waals surface area contributed by atoms with Crippen molar-refractivity contribution >= 4 is 28.6 Å². The molecule has 19 heavy (non-hydrogen) atoms. The highest BCUT2D eigenvalue weighted by atomic mass is 32.1. The van der Waals surface area contributed by atoms with Crippen molar-refractivity contribution in [3.05, 3.63) is 27.4 Å². The van der Waals surface area contributed by atoms with Gasteiger partial charge in [-0.25, -0.2) is 4.98 Å². The largest absolute Gasteiger partial charge is 0.338 e. The summed E-state index contributed by atoms with van der Waals surface area (Å²) < 4.78 is 0. The highest BCUT2D eigenvalue weighted by molar-refractivity contribution is 7.17. The van der Waals surface area contributed by atoms with Crippen LogP contribution in [0.4, 0.5) is 0 Å². The Balaban J connectivity index is 1.86. The van der Waals surface area contributed by atoms with Gasteiger partial charge in [0.1, 0.15) is 9.88 Å². The summed E-state index contributed by atoms with van der Waals surface area (Å²) >= 11 is 3.18. The Morgan fingerprint density at radius 1 is 1.32 bits per heavy atom. The Morgan fingerprint density at radius 3 is 2.79 bits per heavy atom. The number of aromatic nitrogens is 1. The van der Waals surface area contributed by atoms with E-state index < -0.39 is 0 Å². The number of carbonyl (C=O) groups excluding carboxylic acids is 1. The van der Waals surface area contributed by atoms with Crippen LogP contribution in [0.2, 0.25) is 0 Å². The number of likely N-dealkylation sites (tertiary alicyclic amines) is 1. The number of aryl methyl sites for hydroxylation is 1. The molecule has 5 heteroatoms. The number of hydrogen-bond donors (Lipinski definition) is 0. The summed E-state index contributed by atoms with van der Waals surface area (Å²) in [4.78, 5) is 19.8. The number of piperidine rings is 1. The predicted octanol–water partition coefficient (Wildman–Crippen LogP) is 3.81. The lowest BCUT2D eigenvalue weighted by Gasteiger charge is -2.26. The van der Waals surface area contributed by atoms with E-state index in [1.165, 1.54) is 17.8 Å². The maximum atomic E-state index is 12.5. The quantitative estimate of drug-likeness (QED) is 0.843. The Morgan fingerprint density at radius 2 is 2.11 bits per heavy atom. The van der Waals surface area contributed by atoms with Crippen molar-refractivity contribution in [1.82, 2.24) is 9.88 Å². The molecule has 1 fully saturated rings. The fourth-order valence-electron chi connectivity index (χ4n) is 2.35. The fraction of sp³-hybridized carbons (Fsp3) is 0.429. The first-order valence-corrected chi connectivity index (χ1v) is 8.31. The Hall–Kier alpha value is -1.20. The molecule has 1 aliphatic heterocycles. The van der Waals surface area contributed by atoms with Gasteiger partial charge in [-0.1, -0.05) is 0 Å². The smallest absolute Gasteiger partial charge is 0.265 e. The minimum Gasteiger partial charge on any atom is -0.338 e. The van der Waals surface area contributed by atoms with E-state index in [1.54, 1.807) is 11.3 Å². The molecule has 3 nitrogen and oxygen atoms in total. The standard InChI is InChI=1S/C14H16N2OS2/c1-10-12(14(17)16-6-3-2-4-7-16)19-13(15-10)11-5-8-18-9-11/h5,8-9H,2-4,6-7H2,1H3. The third kappa shape index (κ3) is 2.58. The number of hydrogen-bond acceptors (Lipinski definition) is 4. The van der Waals surface area contributed by atoms with Crippen molar-refractivity contribution in [2.45, 2.75) is 26.2 Å². The maximum Gasteiger partial charge on any atom is 0.265 e. The second kappa shape index (κ2) is 5.43. The van der Waals surface area contributed by atoms with Gasteiger partial charge in [-0.05, 0) is 37.6 Å². The summed E-state index contributed by atoms with van der Waals surface area (Å²) in [5, 5.41) is 5.07. The molecule has 0 aliphatic carbocycles. The molecule has 0 atom stereocenters. The van der Waals surface area contributed by atoms with Gasteiger partial charge in [0, 0.05) is 24.0 Å². The van der Waals surface area contributed by atoms with Crippen molar-refractivity contribution in [1.29, 1.82) is 0 Å². The van der Waals surface area contributed by atoms with Crippen LogP contribution in [0.3, 0.4) is 0 Å². The van der Waals surface area contributed by atoms with Gasteiger partial charge in [0.15, 0.2) is 0 Å². The molecule has 0 bridgehead atoms. The number of nitrogens with zero attached hydrogens (tertiary/aromatic N) is 2. The third-order valence-electron chi connectivity index (χ3n) is 3.40. The molecule has 3 heterocycles. The highest BCUT2D eigenvalue weighted by Crippen LogP contribution is 2.30. The zero-order valence-corrected chi connectivity index (χ0v) is 12.5. The molecule has 2 aromatic heterocycles. The number of thiazole rings is 1. The van der Waals surface area contributed by atoms with Gasteiger partial charge in [-0.3, -0.25) is 4.79 Å². The number of amides is 1. The van der Waals surface area contributed by atoms with Gasteiger partial charge in [0.25, 0.3) is 5.91 Å². The van der Waals surface area contributed by atoms with Crippen molar-refractivity contribution in [3.63, 3.8) is 0 Å².